The van der Waals surface area contributed by atoms with Crippen molar-refractivity contribution in [2.75, 3.05) is 37.9 Å². The van der Waals surface area contributed by atoms with Gasteiger partial charge >= 0.3 is 12.3 Å². The maximum absolute atomic E-state index is 13.5. The molecule has 0 radical (unpaired) electrons. The molecule has 2 atom stereocenters. The van der Waals surface area contributed by atoms with Gasteiger partial charge in [0.2, 0.25) is 0 Å². The summed E-state index contributed by atoms with van der Waals surface area (Å²) in [6, 6.07) is 3.41. The summed E-state index contributed by atoms with van der Waals surface area (Å²) in [6.07, 6.45) is -4.65. The summed E-state index contributed by atoms with van der Waals surface area (Å²) in [5, 5.41) is 19.6. The number of hydrogen-bond donors (Lipinski definition) is 1. The Morgan fingerprint density at radius 3 is 2.56 bits per heavy atom. The minimum absolute atomic E-state index is 0.00980. The lowest BCUT2D eigenvalue weighted by molar-refractivity contribution is -0.137. The second-order valence-electron chi connectivity index (χ2n) is 10.8. The van der Waals surface area contributed by atoms with Crippen LogP contribution < -0.4 is 9.64 Å². The number of ether oxygens (including phenoxy) is 3. The van der Waals surface area contributed by atoms with Crippen LogP contribution in [0.1, 0.15) is 50.8 Å². The van der Waals surface area contributed by atoms with Crippen molar-refractivity contribution in [3.63, 3.8) is 0 Å². The van der Waals surface area contributed by atoms with Gasteiger partial charge in [0.25, 0.3) is 0 Å². The molecular weight excluding hydrogens is 517 g/mol. The number of alkyl halides is 3. The fourth-order valence-electron chi connectivity index (χ4n) is 4.91. The Morgan fingerprint density at radius 1 is 1.15 bits per heavy atom. The molecule has 9 nitrogen and oxygen atoms in total. The van der Waals surface area contributed by atoms with Crippen molar-refractivity contribution in [3.05, 3.63) is 34.9 Å². The number of benzene rings is 1. The Balaban J connectivity index is 1.62. The average Bonchev–Trinajstić information content (AvgIpc) is 3.25. The zero-order chi connectivity index (χ0) is 28.5. The molecule has 2 aromatic rings. The Morgan fingerprint density at radius 2 is 1.90 bits per heavy atom. The summed E-state index contributed by atoms with van der Waals surface area (Å²) in [5.74, 6) is 0.589. The van der Waals surface area contributed by atoms with E-state index in [0.29, 0.717) is 55.2 Å². The summed E-state index contributed by atoms with van der Waals surface area (Å²) in [5.41, 5.74) is 0.522. The first-order valence-electron chi connectivity index (χ1n) is 13.0. The maximum Gasteiger partial charge on any atom is 0.416 e. The number of fused-ring (bicyclic) bond motifs is 1. The molecular formula is C27H35F3N4O5. The third kappa shape index (κ3) is 6.55. The Kier molecular flexibility index (Phi) is 8.27. The number of aliphatic hydroxyl groups excluding tert-OH is 1. The summed E-state index contributed by atoms with van der Waals surface area (Å²) in [7, 11) is 0. The van der Waals surface area contributed by atoms with Gasteiger partial charge in [-0.3, -0.25) is 0 Å². The number of hydrogen-bond acceptors (Lipinski definition) is 8. The molecule has 214 valence electrons. The number of aliphatic hydroxyl groups is 1. The van der Waals surface area contributed by atoms with Gasteiger partial charge in [-0.25, -0.2) is 4.79 Å². The minimum atomic E-state index is -4.54. The molecule has 0 saturated carbocycles. The summed E-state index contributed by atoms with van der Waals surface area (Å²) < 4.78 is 56.8. The van der Waals surface area contributed by atoms with Crippen LogP contribution in [0.25, 0.3) is 11.3 Å². The molecule has 1 N–H and O–H groups in total. The van der Waals surface area contributed by atoms with Crippen LogP contribution in [0.2, 0.25) is 0 Å². The molecule has 1 saturated heterocycles. The number of carbonyl (C=O) groups is 1. The van der Waals surface area contributed by atoms with E-state index in [0.717, 1.165) is 17.7 Å². The third-order valence-electron chi connectivity index (χ3n) is 6.73. The predicted octanol–water partition coefficient (Wildman–Crippen LogP) is 4.58. The molecule has 1 aromatic heterocycles. The minimum Gasteiger partial charge on any atom is -0.467 e. The molecule has 1 amide bonds. The van der Waals surface area contributed by atoms with E-state index in [4.69, 9.17) is 14.2 Å². The average molecular weight is 553 g/mol. The van der Waals surface area contributed by atoms with Gasteiger partial charge in [0.15, 0.2) is 12.6 Å². The van der Waals surface area contributed by atoms with Gasteiger partial charge in [0, 0.05) is 37.4 Å². The lowest BCUT2D eigenvalue weighted by Crippen LogP contribution is -2.57. The number of aryl methyl sites for hydroxylation is 1. The molecule has 0 aliphatic carbocycles. The van der Waals surface area contributed by atoms with Crippen molar-refractivity contribution < 1.29 is 37.3 Å². The van der Waals surface area contributed by atoms with Crippen molar-refractivity contribution in [3.8, 4) is 17.0 Å². The fraction of sp³-hybridized carbons (Fsp3) is 0.593. The number of amides is 1. The topological polar surface area (TPSA) is 97.3 Å². The predicted molar refractivity (Wildman–Crippen MR) is 138 cm³/mol. The van der Waals surface area contributed by atoms with E-state index >= 15 is 0 Å². The van der Waals surface area contributed by atoms with Crippen molar-refractivity contribution in [1.29, 1.82) is 0 Å². The van der Waals surface area contributed by atoms with E-state index in [1.165, 1.54) is 0 Å². The molecule has 0 bridgehead atoms. The molecule has 12 heteroatoms. The number of carbonyl (C=O) groups excluding carboxylic acids is 1. The molecule has 2 aliphatic rings. The lowest BCUT2D eigenvalue weighted by atomic mass is 9.99. The molecule has 3 heterocycles. The van der Waals surface area contributed by atoms with Gasteiger partial charge in [-0.05, 0) is 71.2 Å². The van der Waals surface area contributed by atoms with Gasteiger partial charge in [-0.15, -0.1) is 10.2 Å². The van der Waals surface area contributed by atoms with E-state index in [2.05, 4.69) is 10.2 Å². The second-order valence-corrected chi connectivity index (χ2v) is 10.8. The highest BCUT2D eigenvalue weighted by Gasteiger charge is 2.39. The largest absolute Gasteiger partial charge is 0.467 e. The normalized spacial score (nSPS) is 19.7. The second kappa shape index (κ2) is 11.2. The first-order chi connectivity index (χ1) is 18.3. The molecule has 4 rings (SSSR count). The fourth-order valence-corrected chi connectivity index (χ4v) is 4.91. The first kappa shape index (κ1) is 28.9. The van der Waals surface area contributed by atoms with E-state index in [1.54, 1.807) is 45.6 Å². The van der Waals surface area contributed by atoms with Crippen LogP contribution >= 0.6 is 0 Å². The maximum atomic E-state index is 13.5. The number of aromatic nitrogens is 2. The van der Waals surface area contributed by atoms with Crippen LogP contribution in [0, 0.1) is 6.92 Å². The van der Waals surface area contributed by atoms with Crippen molar-refractivity contribution in [2.24, 2.45) is 0 Å². The Hall–Kier alpha value is -3.12. The van der Waals surface area contributed by atoms with Crippen LogP contribution in [0.4, 0.5) is 23.8 Å². The van der Waals surface area contributed by atoms with Gasteiger partial charge in [-0.1, -0.05) is 0 Å². The van der Waals surface area contributed by atoms with Gasteiger partial charge in [0.1, 0.15) is 11.4 Å². The van der Waals surface area contributed by atoms with Crippen LogP contribution in [-0.2, 0) is 22.1 Å². The summed E-state index contributed by atoms with van der Waals surface area (Å²) in [4.78, 5) is 16.2. The van der Waals surface area contributed by atoms with Crippen LogP contribution in [0.15, 0.2) is 18.2 Å². The lowest BCUT2D eigenvalue weighted by Gasteiger charge is -2.41. The summed E-state index contributed by atoms with van der Waals surface area (Å²) in [6.45, 7) is 10.1. The van der Waals surface area contributed by atoms with Gasteiger partial charge < -0.3 is 29.1 Å². The number of rotatable bonds is 6. The summed E-state index contributed by atoms with van der Waals surface area (Å²) >= 11 is 0. The van der Waals surface area contributed by atoms with E-state index in [-0.39, 0.29) is 19.1 Å². The SMILES string of the molecule is CCOCOc1cc(C(F)(F)F)cc(C)c1-c1cc2c(nn1)N([C@H]1CN(C(=O)OC(C)(C)C)CC[C@H]1O)CC2. The monoisotopic (exact) mass is 552 g/mol. The van der Waals surface area contributed by atoms with E-state index in [9.17, 15) is 23.1 Å². The number of halogens is 3. The molecule has 1 aromatic carbocycles. The van der Waals surface area contributed by atoms with Crippen LogP contribution in [0.5, 0.6) is 5.75 Å². The zero-order valence-corrected chi connectivity index (χ0v) is 22.8. The molecule has 0 spiro atoms. The standard InChI is InChI=1S/C27H35F3N4O5/c1-6-37-15-38-22-13-18(27(28,29)30)11-16(2)23(22)19-12-17-7-10-34(24(17)32-31-19)20-14-33(9-8-21(20)35)25(36)39-26(3,4)5/h11-13,20-21,35H,6-10,14-15H2,1-5H3/t20-,21+/m0/s1. The highest BCUT2D eigenvalue weighted by molar-refractivity contribution is 5.74. The Labute approximate surface area is 225 Å². The Bertz CT molecular complexity index is 1200. The van der Waals surface area contributed by atoms with Crippen molar-refractivity contribution in [1.82, 2.24) is 15.1 Å². The first-order valence-corrected chi connectivity index (χ1v) is 13.0. The molecule has 1 fully saturated rings. The smallest absolute Gasteiger partial charge is 0.416 e. The van der Waals surface area contributed by atoms with Crippen molar-refractivity contribution >= 4 is 11.9 Å². The number of nitrogens with zero attached hydrogens (tertiary/aromatic N) is 4. The van der Waals surface area contributed by atoms with Gasteiger partial charge in [-0.2, -0.15) is 13.2 Å². The number of piperidine rings is 1. The van der Waals surface area contributed by atoms with Crippen LogP contribution in [0.3, 0.4) is 0 Å². The highest BCUT2D eigenvalue weighted by atomic mass is 19.4. The van der Waals surface area contributed by atoms with Crippen LogP contribution in [-0.4, -0.2) is 77.1 Å². The zero-order valence-electron chi connectivity index (χ0n) is 22.8. The number of anilines is 1. The quantitative estimate of drug-likeness (QED) is 0.411. The highest BCUT2D eigenvalue weighted by Crippen LogP contribution is 2.40. The van der Waals surface area contributed by atoms with Crippen molar-refractivity contribution in [2.45, 2.75) is 71.4 Å². The van der Waals surface area contributed by atoms with E-state index < -0.39 is 35.6 Å². The molecule has 2 aliphatic heterocycles. The molecule has 0 unspecified atom stereocenters. The molecule has 39 heavy (non-hydrogen) atoms. The van der Waals surface area contributed by atoms with E-state index in [1.807, 2.05) is 4.90 Å². The van der Waals surface area contributed by atoms with Gasteiger partial charge in [0.05, 0.1) is 23.4 Å². The third-order valence-corrected chi connectivity index (χ3v) is 6.73. The number of likely N-dealkylation sites (tertiary alicyclic amines) is 1.